The minimum absolute atomic E-state index is 0.0619. The van der Waals surface area contributed by atoms with Crippen LogP contribution in [0.1, 0.15) is 45.6 Å². The first-order valence-electron chi connectivity index (χ1n) is 7.28. The highest BCUT2D eigenvalue weighted by Gasteiger charge is 2.26. The number of fused-ring (bicyclic) bond motifs is 1. The van der Waals surface area contributed by atoms with Crippen molar-refractivity contribution in [3.05, 3.63) is 29.6 Å². The van der Waals surface area contributed by atoms with Gasteiger partial charge in [-0.05, 0) is 52.8 Å². The largest absolute Gasteiger partial charge is 0.384 e. The van der Waals surface area contributed by atoms with E-state index in [2.05, 4.69) is 37.9 Å². The van der Waals surface area contributed by atoms with E-state index in [0.717, 1.165) is 30.8 Å². The molecule has 2 rings (SSSR count). The topological polar surface area (TPSA) is 15.3 Å². The summed E-state index contributed by atoms with van der Waals surface area (Å²) in [5.41, 5.74) is 1.86. The van der Waals surface area contributed by atoms with Crippen LogP contribution in [-0.2, 0) is 0 Å². The van der Waals surface area contributed by atoms with E-state index < -0.39 is 0 Å². The van der Waals surface area contributed by atoms with E-state index in [1.165, 1.54) is 0 Å². The number of nitrogens with one attached hydrogen (secondary N) is 1. The summed E-state index contributed by atoms with van der Waals surface area (Å²) < 4.78 is 13.9. The van der Waals surface area contributed by atoms with Crippen molar-refractivity contribution < 1.29 is 4.39 Å². The number of nitrogens with zero attached hydrogens (tertiary/aromatic N) is 1. The van der Waals surface area contributed by atoms with Crippen LogP contribution in [0.5, 0.6) is 0 Å². The molecule has 1 aromatic rings. The summed E-state index contributed by atoms with van der Waals surface area (Å²) in [5, 5.41) is 3.31. The van der Waals surface area contributed by atoms with Crippen LogP contribution in [0.4, 0.5) is 10.1 Å². The van der Waals surface area contributed by atoms with Gasteiger partial charge in [0.15, 0.2) is 0 Å². The molecule has 19 heavy (non-hydrogen) atoms. The van der Waals surface area contributed by atoms with E-state index in [-0.39, 0.29) is 5.82 Å². The van der Waals surface area contributed by atoms with Gasteiger partial charge in [-0.1, -0.05) is 6.07 Å². The Bertz CT molecular complexity index is 421. The van der Waals surface area contributed by atoms with Crippen LogP contribution in [-0.4, -0.2) is 30.1 Å². The van der Waals surface area contributed by atoms with Gasteiger partial charge in [0.05, 0.1) is 0 Å². The Morgan fingerprint density at radius 1 is 1.26 bits per heavy atom. The maximum absolute atomic E-state index is 13.9. The lowest BCUT2D eigenvalue weighted by Crippen LogP contribution is -2.38. The fourth-order valence-corrected chi connectivity index (χ4v) is 3.11. The first-order valence-corrected chi connectivity index (χ1v) is 7.28. The average Bonchev–Trinajstić information content (AvgIpc) is 2.73. The van der Waals surface area contributed by atoms with E-state index in [9.17, 15) is 4.39 Å². The molecule has 1 aromatic carbocycles. The predicted octanol–water partition coefficient (Wildman–Crippen LogP) is 3.84. The smallest absolute Gasteiger partial charge is 0.128 e. The Kier molecular flexibility index (Phi) is 4.46. The lowest BCUT2D eigenvalue weighted by atomic mass is 9.96. The maximum Gasteiger partial charge on any atom is 0.128 e. The van der Waals surface area contributed by atoms with E-state index in [0.29, 0.717) is 18.0 Å². The number of benzene rings is 1. The number of halogens is 1. The fourth-order valence-electron chi connectivity index (χ4n) is 3.11. The molecule has 0 amide bonds. The van der Waals surface area contributed by atoms with Crippen molar-refractivity contribution in [1.82, 2.24) is 4.90 Å². The lowest BCUT2D eigenvalue weighted by molar-refractivity contribution is 0.169. The minimum atomic E-state index is -0.0619. The number of hydrogen-bond donors (Lipinski definition) is 1. The molecule has 0 bridgehead atoms. The molecule has 1 N–H and O–H groups in total. The van der Waals surface area contributed by atoms with Crippen LogP contribution in [0, 0.1) is 5.82 Å². The Hall–Kier alpha value is -1.09. The molecule has 1 aliphatic heterocycles. The Labute approximate surface area is 116 Å². The number of hydrogen-bond acceptors (Lipinski definition) is 2. The fraction of sp³-hybridized carbons (Fsp3) is 0.625. The summed E-state index contributed by atoms with van der Waals surface area (Å²) in [5.74, 6) is 0.240. The molecule has 0 fully saturated rings. The summed E-state index contributed by atoms with van der Waals surface area (Å²) >= 11 is 0. The summed E-state index contributed by atoms with van der Waals surface area (Å²) in [4.78, 5) is 2.47. The van der Waals surface area contributed by atoms with Gasteiger partial charge in [0, 0.05) is 35.8 Å². The van der Waals surface area contributed by atoms with Gasteiger partial charge in [-0.25, -0.2) is 4.39 Å². The molecule has 0 radical (unpaired) electrons. The molecule has 1 atom stereocenters. The molecule has 1 heterocycles. The molecule has 0 saturated heterocycles. The summed E-state index contributed by atoms with van der Waals surface area (Å²) in [6.07, 6.45) is 1.01. The SMILES string of the molecule is CC(C)N(CCC1CNc2cccc(F)c21)C(C)C. The van der Waals surface area contributed by atoms with E-state index in [1.54, 1.807) is 12.1 Å². The Balaban J connectivity index is 2.03. The van der Waals surface area contributed by atoms with Crippen molar-refractivity contribution in [2.24, 2.45) is 0 Å². The standard InChI is InChI=1S/C16H25FN2/c1-11(2)19(12(3)4)9-8-13-10-18-15-7-5-6-14(17)16(13)15/h5-7,11-13,18H,8-10H2,1-4H3. The molecular weight excluding hydrogens is 239 g/mol. The molecule has 0 aliphatic carbocycles. The van der Waals surface area contributed by atoms with Crippen LogP contribution in [0.2, 0.25) is 0 Å². The van der Waals surface area contributed by atoms with E-state index >= 15 is 0 Å². The van der Waals surface area contributed by atoms with Gasteiger partial charge < -0.3 is 5.32 Å². The highest BCUT2D eigenvalue weighted by atomic mass is 19.1. The number of rotatable bonds is 5. The molecule has 106 valence electrons. The second-order valence-electron chi connectivity index (χ2n) is 5.99. The third kappa shape index (κ3) is 3.08. The zero-order valence-electron chi connectivity index (χ0n) is 12.4. The number of anilines is 1. The highest BCUT2D eigenvalue weighted by molar-refractivity contribution is 5.58. The molecule has 3 heteroatoms. The monoisotopic (exact) mass is 264 g/mol. The van der Waals surface area contributed by atoms with Gasteiger partial charge in [0.2, 0.25) is 0 Å². The normalized spacial score (nSPS) is 18.2. The van der Waals surface area contributed by atoms with Gasteiger partial charge in [-0.15, -0.1) is 0 Å². The van der Waals surface area contributed by atoms with Crippen molar-refractivity contribution in [3.63, 3.8) is 0 Å². The molecule has 0 saturated carbocycles. The van der Waals surface area contributed by atoms with Gasteiger partial charge >= 0.3 is 0 Å². The molecule has 0 aromatic heterocycles. The van der Waals surface area contributed by atoms with Crippen LogP contribution in [0.3, 0.4) is 0 Å². The second kappa shape index (κ2) is 5.91. The van der Waals surface area contributed by atoms with E-state index in [4.69, 9.17) is 0 Å². The van der Waals surface area contributed by atoms with E-state index in [1.807, 2.05) is 6.07 Å². The Morgan fingerprint density at radius 2 is 1.95 bits per heavy atom. The molecule has 2 nitrogen and oxygen atoms in total. The quantitative estimate of drug-likeness (QED) is 0.869. The summed E-state index contributed by atoms with van der Waals surface area (Å²) in [6.45, 7) is 10.8. The van der Waals surface area contributed by atoms with Gasteiger partial charge in [-0.3, -0.25) is 4.90 Å². The summed E-state index contributed by atoms with van der Waals surface area (Å²) in [7, 11) is 0. The maximum atomic E-state index is 13.9. The lowest BCUT2D eigenvalue weighted by Gasteiger charge is -2.31. The van der Waals surface area contributed by atoms with Crippen molar-refractivity contribution in [1.29, 1.82) is 0 Å². The second-order valence-corrected chi connectivity index (χ2v) is 5.99. The zero-order chi connectivity index (χ0) is 14.0. The highest BCUT2D eigenvalue weighted by Crippen LogP contribution is 2.35. The van der Waals surface area contributed by atoms with Gasteiger partial charge in [0.25, 0.3) is 0 Å². The van der Waals surface area contributed by atoms with Crippen LogP contribution < -0.4 is 5.32 Å². The van der Waals surface area contributed by atoms with Crippen LogP contribution in [0.15, 0.2) is 18.2 Å². The molecule has 1 aliphatic rings. The first-order chi connectivity index (χ1) is 9.00. The molecule has 0 spiro atoms. The van der Waals surface area contributed by atoms with Crippen molar-refractivity contribution >= 4 is 5.69 Å². The van der Waals surface area contributed by atoms with Crippen molar-refractivity contribution in [3.8, 4) is 0 Å². The van der Waals surface area contributed by atoms with Crippen LogP contribution in [0.25, 0.3) is 0 Å². The summed E-state index contributed by atoms with van der Waals surface area (Å²) in [6, 6.07) is 6.39. The third-order valence-electron chi connectivity index (χ3n) is 4.06. The Morgan fingerprint density at radius 3 is 2.58 bits per heavy atom. The van der Waals surface area contributed by atoms with Crippen molar-refractivity contribution in [2.45, 2.75) is 52.1 Å². The van der Waals surface area contributed by atoms with Gasteiger partial charge in [-0.2, -0.15) is 0 Å². The predicted molar refractivity (Wildman–Crippen MR) is 79.2 cm³/mol. The molecule has 1 unspecified atom stereocenters. The molecular formula is C16H25FN2. The van der Waals surface area contributed by atoms with Gasteiger partial charge in [0.1, 0.15) is 5.82 Å². The van der Waals surface area contributed by atoms with Crippen LogP contribution >= 0.6 is 0 Å². The van der Waals surface area contributed by atoms with Crippen molar-refractivity contribution in [2.75, 3.05) is 18.4 Å². The first kappa shape index (κ1) is 14.3. The average molecular weight is 264 g/mol. The minimum Gasteiger partial charge on any atom is -0.384 e. The zero-order valence-corrected chi connectivity index (χ0v) is 12.4. The third-order valence-corrected chi connectivity index (χ3v) is 4.06.